The van der Waals surface area contributed by atoms with Gasteiger partial charge in [-0.15, -0.1) is 0 Å². The second kappa shape index (κ2) is 8.03. The van der Waals surface area contributed by atoms with Gasteiger partial charge in [0.1, 0.15) is 0 Å². The first kappa shape index (κ1) is 14.9. The van der Waals surface area contributed by atoms with Crippen LogP contribution in [0.25, 0.3) is 0 Å². The molecule has 18 heavy (non-hydrogen) atoms. The van der Waals surface area contributed by atoms with Crippen molar-refractivity contribution in [3.63, 3.8) is 0 Å². The van der Waals surface area contributed by atoms with Gasteiger partial charge in [-0.3, -0.25) is 4.79 Å². The number of anilines is 1. The zero-order valence-electron chi connectivity index (χ0n) is 11.4. The molecule has 4 heteroatoms. The van der Waals surface area contributed by atoms with E-state index < -0.39 is 0 Å². The molecule has 0 aliphatic carbocycles. The van der Waals surface area contributed by atoms with Crippen molar-refractivity contribution in [2.24, 2.45) is 0 Å². The van der Waals surface area contributed by atoms with Gasteiger partial charge in [-0.25, -0.2) is 0 Å². The third kappa shape index (κ3) is 4.61. The van der Waals surface area contributed by atoms with E-state index >= 15 is 0 Å². The fourth-order valence-electron chi connectivity index (χ4n) is 1.71. The molecule has 0 unspecified atom stereocenters. The molecule has 0 bridgehead atoms. The normalized spacial score (nSPS) is 10.2. The zero-order valence-corrected chi connectivity index (χ0v) is 12.2. The smallest absolute Gasteiger partial charge is 0.251 e. The number of benzene rings is 1. The number of carbonyl (C=O) groups excluding carboxylic acids is 1. The molecule has 0 saturated heterocycles. The summed E-state index contributed by atoms with van der Waals surface area (Å²) in [5, 5.41) is 6.21. The van der Waals surface area contributed by atoms with Crippen molar-refractivity contribution in [2.75, 3.05) is 30.4 Å². The van der Waals surface area contributed by atoms with E-state index in [2.05, 4.69) is 16.9 Å². The summed E-state index contributed by atoms with van der Waals surface area (Å²) in [4.78, 5) is 11.7. The summed E-state index contributed by atoms with van der Waals surface area (Å²) in [6.45, 7) is 5.58. The van der Waals surface area contributed by atoms with E-state index in [1.807, 2.05) is 43.8 Å². The van der Waals surface area contributed by atoms with Crippen LogP contribution in [0.5, 0.6) is 0 Å². The number of thioether (sulfide) groups is 1. The second-order valence-corrected chi connectivity index (χ2v) is 5.15. The Labute approximate surface area is 114 Å². The SMILES string of the molecule is CCNC(=O)c1ccc(NCCCSC)c(C)c1. The van der Waals surface area contributed by atoms with Crippen LogP contribution in [-0.2, 0) is 0 Å². The summed E-state index contributed by atoms with van der Waals surface area (Å²) in [5.41, 5.74) is 2.95. The first-order chi connectivity index (χ1) is 8.69. The molecule has 0 aromatic heterocycles. The molecule has 0 spiro atoms. The highest BCUT2D eigenvalue weighted by atomic mass is 32.2. The zero-order chi connectivity index (χ0) is 13.4. The molecule has 3 nitrogen and oxygen atoms in total. The van der Waals surface area contributed by atoms with Gasteiger partial charge in [0.15, 0.2) is 0 Å². The number of nitrogens with one attached hydrogen (secondary N) is 2. The van der Waals surface area contributed by atoms with Gasteiger partial charge >= 0.3 is 0 Å². The minimum absolute atomic E-state index is 0.00506. The second-order valence-electron chi connectivity index (χ2n) is 4.16. The Morgan fingerprint density at radius 1 is 1.39 bits per heavy atom. The lowest BCUT2D eigenvalue weighted by Crippen LogP contribution is -2.22. The first-order valence-electron chi connectivity index (χ1n) is 6.30. The van der Waals surface area contributed by atoms with Gasteiger partial charge in [0, 0.05) is 24.3 Å². The molecule has 0 aliphatic heterocycles. The largest absolute Gasteiger partial charge is 0.385 e. The Hall–Kier alpha value is -1.16. The number of rotatable bonds is 7. The van der Waals surface area contributed by atoms with Gasteiger partial charge < -0.3 is 10.6 Å². The molecule has 1 amide bonds. The predicted molar refractivity (Wildman–Crippen MR) is 80.7 cm³/mol. The summed E-state index contributed by atoms with van der Waals surface area (Å²) in [6.07, 6.45) is 3.27. The molecule has 0 heterocycles. The van der Waals surface area contributed by atoms with Gasteiger partial charge in [-0.2, -0.15) is 11.8 Å². The fraction of sp³-hybridized carbons (Fsp3) is 0.500. The third-order valence-corrected chi connectivity index (χ3v) is 3.36. The summed E-state index contributed by atoms with van der Waals surface area (Å²) in [6, 6.07) is 5.79. The van der Waals surface area contributed by atoms with Crippen molar-refractivity contribution in [2.45, 2.75) is 20.3 Å². The summed E-state index contributed by atoms with van der Waals surface area (Å²) in [7, 11) is 0. The Bertz CT molecular complexity index is 393. The molecule has 0 radical (unpaired) electrons. The molecule has 1 rings (SSSR count). The highest BCUT2D eigenvalue weighted by Crippen LogP contribution is 2.16. The topological polar surface area (TPSA) is 41.1 Å². The number of hydrogen-bond donors (Lipinski definition) is 2. The third-order valence-electron chi connectivity index (χ3n) is 2.67. The lowest BCUT2D eigenvalue weighted by atomic mass is 10.1. The van der Waals surface area contributed by atoms with Gasteiger partial charge in [0.05, 0.1) is 0 Å². The number of carbonyl (C=O) groups is 1. The Balaban J connectivity index is 2.59. The number of hydrogen-bond acceptors (Lipinski definition) is 3. The Kier molecular flexibility index (Phi) is 6.65. The maximum absolute atomic E-state index is 11.7. The molecule has 0 atom stereocenters. The van der Waals surface area contributed by atoms with Crippen LogP contribution in [0.15, 0.2) is 18.2 Å². The quantitative estimate of drug-likeness (QED) is 0.746. The van der Waals surface area contributed by atoms with Crippen molar-refractivity contribution < 1.29 is 4.79 Å². The summed E-state index contributed by atoms with van der Waals surface area (Å²) >= 11 is 1.86. The summed E-state index contributed by atoms with van der Waals surface area (Å²) in [5.74, 6) is 1.16. The molecule has 1 aromatic rings. The highest BCUT2D eigenvalue weighted by molar-refractivity contribution is 7.98. The van der Waals surface area contributed by atoms with E-state index in [1.54, 1.807) is 0 Å². The van der Waals surface area contributed by atoms with Gasteiger partial charge in [0.2, 0.25) is 0 Å². The highest BCUT2D eigenvalue weighted by Gasteiger charge is 2.06. The first-order valence-corrected chi connectivity index (χ1v) is 7.70. The van der Waals surface area contributed by atoms with Crippen molar-refractivity contribution >= 4 is 23.4 Å². The number of amides is 1. The van der Waals surface area contributed by atoms with E-state index in [0.29, 0.717) is 6.54 Å². The lowest BCUT2D eigenvalue weighted by Gasteiger charge is -2.11. The Morgan fingerprint density at radius 3 is 2.78 bits per heavy atom. The van der Waals surface area contributed by atoms with Crippen molar-refractivity contribution in [3.05, 3.63) is 29.3 Å². The molecular formula is C14H22N2OS. The molecule has 1 aromatic carbocycles. The maximum atomic E-state index is 11.7. The molecule has 0 fully saturated rings. The van der Waals surface area contributed by atoms with Crippen LogP contribution in [0.1, 0.15) is 29.3 Å². The monoisotopic (exact) mass is 266 g/mol. The van der Waals surface area contributed by atoms with Crippen molar-refractivity contribution in [1.82, 2.24) is 5.32 Å². The van der Waals surface area contributed by atoms with Crippen LogP contribution in [0.2, 0.25) is 0 Å². The van der Waals surface area contributed by atoms with Crippen LogP contribution in [0.4, 0.5) is 5.69 Å². The average molecular weight is 266 g/mol. The van der Waals surface area contributed by atoms with Crippen LogP contribution < -0.4 is 10.6 Å². The molecule has 0 aliphatic rings. The van der Waals surface area contributed by atoms with E-state index in [-0.39, 0.29) is 5.91 Å². The maximum Gasteiger partial charge on any atom is 0.251 e. The predicted octanol–water partition coefficient (Wildman–Crippen LogP) is 2.91. The number of aryl methyl sites for hydroxylation is 1. The summed E-state index contributed by atoms with van der Waals surface area (Å²) < 4.78 is 0. The minimum Gasteiger partial charge on any atom is -0.385 e. The van der Waals surface area contributed by atoms with E-state index in [1.165, 1.54) is 5.75 Å². The van der Waals surface area contributed by atoms with Crippen LogP contribution in [-0.4, -0.2) is 31.0 Å². The molecule has 0 saturated carbocycles. The van der Waals surface area contributed by atoms with E-state index in [9.17, 15) is 4.79 Å². The fourth-order valence-corrected chi connectivity index (χ4v) is 2.14. The van der Waals surface area contributed by atoms with Crippen LogP contribution in [0, 0.1) is 6.92 Å². The van der Waals surface area contributed by atoms with E-state index in [4.69, 9.17) is 0 Å². The van der Waals surface area contributed by atoms with Crippen molar-refractivity contribution in [3.8, 4) is 0 Å². The van der Waals surface area contributed by atoms with Gasteiger partial charge in [0.25, 0.3) is 5.91 Å². The molecule has 2 N–H and O–H groups in total. The minimum atomic E-state index is -0.00506. The van der Waals surface area contributed by atoms with Crippen molar-refractivity contribution in [1.29, 1.82) is 0 Å². The molecule has 100 valence electrons. The lowest BCUT2D eigenvalue weighted by molar-refractivity contribution is 0.0956. The van der Waals surface area contributed by atoms with Gasteiger partial charge in [-0.1, -0.05) is 0 Å². The Morgan fingerprint density at radius 2 is 2.17 bits per heavy atom. The standard InChI is InChI=1S/C14H22N2OS/c1-4-15-14(17)12-6-7-13(11(2)10-12)16-8-5-9-18-3/h6-7,10,16H,4-5,8-9H2,1-3H3,(H,15,17). The van der Waals surface area contributed by atoms with E-state index in [0.717, 1.165) is 29.8 Å². The van der Waals surface area contributed by atoms with Crippen LogP contribution in [0.3, 0.4) is 0 Å². The van der Waals surface area contributed by atoms with Crippen LogP contribution >= 0.6 is 11.8 Å². The van der Waals surface area contributed by atoms with Gasteiger partial charge in [-0.05, 0) is 56.0 Å². The average Bonchev–Trinajstić information content (AvgIpc) is 2.36. The molecular weight excluding hydrogens is 244 g/mol.